The smallest absolute Gasteiger partial charge is 0.0676 e. The average Bonchev–Trinajstić information content (AvgIpc) is 2.57. The number of nitrogens with zero attached hydrogens (tertiary/aromatic N) is 2. The number of halogens is 2. The molecule has 0 spiro atoms. The van der Waals surface area contributed by atoms with Crippen molar-refractivity contribution in [3.8, 4) is 0 Å². The van der Waals surface area contributed by atoms with Gasteiger partial charge in [0.2, 0.25) is 0 Å². The van der Waals surface area contributed by atoms with Crippen molar-refractivity contribution in [1.82, 2.24) is 9.78 Å². The first-order valence-corrected chi connectivity index (χ1v) is 5.76. The molecule has 1 aromatic carbocycles. The average molecular weight is 286 g/mol. The fraction of sp³-hybridized carbons (Fsp3) is 0.182. The summed E-state index contributed by atoms with van der Waals surface area (Å²) in [6, 6.07) is 7.87. The Kier molecular flexibility index (Phi) is 3.12. The molecule has 0 N–H and O–H groups in total. The first-order valence-electron chi connectivity index (χ1n) is 4.59. The van der Waals surface area contributed by atoms with Crippen molar-refractivity contribution in [3.05, 3.63) is 51.2 Å². The van der Waals surface area contributed by atoms with E-state index in [0.29, 0.717) is 6.54 Å². The highest BCUT2D eigenvalue weighted by Crippen LogP contribution is 2.22. The third-order valence-corrected chi connectivity index (χ3v) is 3.11. The maximum Gasteiger partial charge on any atom is 0.0676 e. The number of hydrogen-bond donors (Lipinski definition) is 0. The van der Waals surface area contributed by atoms with Gasteiger partial charge in [-0.05, 0) is 30.7 Å². The third-order valence-electron chi connectivity index (χ3n) is 2.26. The van der Waals surface area contributed by atoms with Crippen LogP contribution in [0.1, 0.15) is 11.3 Å². The fourth-order valence-corrected chi connectivity index (χ4v) is 2.11. The molecule has 0 saturated carbocycles. The summed E-state index contributed by atoms with van der Waals surface area (Å²) < 4.78 is 2.92. The Labute approximate surface area is 102 Å². The van der Waals surface area contributed by atoms with Gasteiger partial charge in [-0.15, -0.1) is 0 Å². The van der Waals surface area contributed by atoms with Gasteiger partial charge in [0.1, 0.15) is 0 Å². The van der Waals surface area contributed by atoms with Crippen molar-refractivity contribution >= 4 is 27.5 Å². The van der Waals surface area contributed by atoms with Gasteiger partial charge in [0, 0.05) is 21.4 Å². The summed E-state index contributed by atoms with van der Waals surface area (Å²) in [5, 5.41) is 4.98. The molecule has 0 saturated heterocycles. The van der Waals surface area contributed by atoms with E-state index in [9.17, 15) is 0 Å². The second-order valence-electron chi connectivity index (χ2n) is 3.37. The van der Waals surface area contributed by atoms with Crippen LogP contribution in [0, 0.1) is 6.92 Å². The molecule has 2 nitrogen and oxygen atoms in total. The Morgan fingerprint density at radius 3 is 2.80 bits per heavy atom. The first kappa shape index (κ1) is 10.7. The molecule has 0 aliphatic carbocycles. The molecule has 0 unspecified atom stereocenters. The molecule has 0 amide bonds. The fourth-order valence-electron chi connectivity index (χ4n) is 1.38. The third kappa shape index (κ3) is 2.41. The maximum atomic E-state index is 6.13. The largest absolute Gasteiger partial charge is 0.265 e. The van der Waals surface area contributed by atoms with E-state index in [4.69, 9.17) is 11.6 Å². The maximum absolute atomic E-state index is 6.13. The summed E-state index contributed by atoms with van der Waals surface area (Å²) in [7, 11) is 0. The van der Waals surface area contributed by atoms with Crippen molar-refractivity contribution in [2.24, 2.45) is 0 Å². The highest BCUT2D eigenvalue weighted by Gasteiger charge is 2.03. The summed E-state index contributed by atoms with van der Waals surface area (Å²) in [5.74, 6) is 0. The molecule has 1 heterocycles. The predicted molar refractivity (Wildman–Crippen MR) is 65.2 cm³/mol. The van der Waals surface area contributed by atoms with Gasteiger partial charge in [-0.2, -0.15) is 5.10 Å². The summed E-state index contributed by atoms with van der Waals surface area (Å²) >= 11 is 9.51. The molecule has 4 heteroatoms. The molecule has 78 valence electrons. The second kappa shape index (κ2) is 4.37. The number of benzene rings is 1. The van der Waals surface area contributed by atoms with Gasteiger partial charge in [-0.25, -0.2) is 0 Å². The van der Waals surface area contributed by atoms with Crippen molar-refractivity contribution in [2.45, 2.75) is 13.5 Å². The lowest BCUT2D eigenvalue weighted by molar-refractivity contribution is 0.665. The zero-order chi connectivity index (χ0) is 10.8. The van der Waals surface area contributed by atoms with E-state index in [0.717, 1.165) is 20.8 Å². The van der Waals surface area contributed by atoms with Crippen LogP contribution in [0.25, 0.3) is 0 Å². The molecular weight excluding hydrogens is 275 g/mol. The lowest BCUT2D eigenvalue weighted by Crippen LogP contribution is -2.03. The highest BCUT2D eigenvalue weighted by atomic mass is 79.9. The summed E-state index contributed by atoms with van der Waals surface area (Å²) in [6.45, 7) is 2.74. The topological polar surface area (TPSA) is 17.8 Å². The van der Waals surface area contributed by atoms with Crippen LogP contribution in [-0.4, -0.2) is 9.78 Å². The Bertz CT molecular complexity index is 479. The summed E-state index contributed by atoms with van der Waals surface area (Å²) in [6.07, 6.45) is 1.79. The van der Waals surface area contributed by atoms with Crippen LogP contribution in [0.4, 0.5) is 0 Å². The quantitative estimate of drug-likeness (QED) is 0.823. The zero-order valence-electron chi connectivity index (χ0n) is 8.24. The van der Waals surface area contributed by atoms with Crippen molar-refractivity contribution in [2.75, 3.05) is 0 Å². The first-order chi connectivity index (χ1) is 7.16. The lowest BCUT2D eigenvalue weighted by Gasteiger charge is -2.06. The van der Waals surface area contributed by atoms with E-state index in [-0.39, 0.29) is 0 Å². The zero-order valence-corrected chi connectivity index (χ0v) is 10.6. The number of aromatic nitrogens is 2. The minimum absolute atomic E-state index is 0.713. The van der Waals surface area contributed by atoms with Gasteiger partial charge in [0.05, 0.1) is 6.54 Å². The number of hydrogen-bond acceptors (Lipinski definition) is 1. The molecular formula is C11H10BrClN2. The van der Waals surface area contributed by atoms with Crippen LogP contribution < -0.4 is 0 Å². The van der Waals surface area contributed by atoms with E-state index in [1.54, 1.807) is 6.20 Å². The minimum Gasteiger partial charge on any atom is -0.265 e. The van der Waals surface area contributed by atoms with E-state index >= 15 is 0 Å². The molecule has 0 aliphatic heterocycles. The van der Waals surface area contributed by atoms with Gasteiger partial charge < -0.3 is 0 Å². The van der Waals surface area contributed by atoms with E-state index in [2.05, 4.69) is 21.0 Å². The van der Waals surface area contributed by atoms with Crippen LogP contribution in [0.2, 0.25) is 5.02 Å². The molecule has 1 aromatic heterocycles. The monoisotopic (exact) mass is 284 g/mol. The molecule has 2 aromatic rings. The Hall–Kier alpha value is -0.800. The SMILES string of the molecule is Cc1ccnn1Cc1ccc(Br)cc1Cl. The van der Waals surface area contributed by atoms with Gasteiger partial charge in [0.25, 0.3) is 0 Å². The van der Waals surface area contributed by atoms with Crippen LogP contribution in [0.5, 0.6) is 0 Å². The Morgan fingerprint density at radius 2 is 2.20 bits per heavy atom. The predicted octanol–water partition coefficient (Wildman–Crippen LogP) is 3.66. The molecule has 2 rings (SSSR count). The number of rotatable bonds is 2. The molecule has 0 aliphatic rings. The van der Waals surface area contributed by atoms with Crippen LogP contribution in [-0.2, 0) is 6.54 Å². The van der Waals surface area contributed by atoms with Crippen LogP contribution >= 0.6 is 27.5 Å². The van der Waals surface area contributed by atoms with E-state index in [1.165, 1.54) is 0 Å². The molecule has 0 fully saturated rings. The molecule has 0 atom stereocenters. The van der Waals surface area contributed by atoms with Crippen LogP contribution in [0.3, 0.4) is 0 Å². The van der Waals surface area contributed by atoms with E-state index in [1.807, 2.05) is 35.9 Å². The molecule has 0 bridgehead atoms. The summed E-state index contributed by atoms with van der Waals surface area (Å²) in [5.41, 5.74) is 2.21. The van der Waals surface area contributed by atoms with Crippen molar-refractivity contribution in [3.63, 3.8) is 0 Å². The number of aryl methyl sites for hydroxylation is 1. The van der Waals surface area contributed by atoms with Gasteiger partial charge in [-0.3, -0.25) is 4.68 Å². The van der Waals surface area contributed by atoms with E-state index < -0.39 is 0 Å². The second-order valence-corrected chi connectivity index (χ2v) is 4.69. The van der Waals surface area contributed by atoms with Gasteiger partial charge in [0.15, 0.2) is 0 Å². The highest BCUT2D eigenvalue weighted by molar-refractivity contribution is 9.10. The van der Waals surface area contributed by atoms with Crippen molar-refractivity contribution < 1.29 is 0 Å². The molecule has 0 radical (unpaired) electrons. The standard InChI is InChI=1S/C11H10BrClN2/c1-8-4-5-14-15(8)7-9-2-3-10(12)6-11(9)13/h2-6H,7H2,1H3. The normalized spacial score (nSPS) is 10.6. The van der Waals surface area contributed by atoms with Gasteiger partial charge in [-0.1, -0.05) is 33.6 Å². The van der Waals surface area contributed by atoms with Gasteiger partial charge >= 0.3 is 0 Å². The van der Waals surface area contributed by atoms with Crippen LogP contribution in [0.15, 0.2) is 34.9 Å². The summed E-state index contributed by atoms with van der Waals surface area (Å²) in [4.78, 5) is 0. The Balaban J connectivity index is 2.29. The minimum atomic E-state index is 0.713. The Morgan fingerprint density at radius 1 is 1.40 bits per heavy atom. The lowest BCUT2D eigenvalue weighted by atomic mass is 10.2. The van der Waals surface area contributed by atoms with Crippen molar-refractivity contribution in [1.29, 1.82) is 0 Å². The molecule has 15 heavy (non-hydrogen) atoms.